The topological polar surface area (TPSA) is 52.8 Å². The highest BCUT2D eigenvalue weighted by molar-refractivity contribution is 7.80. The third-order valence-electron chi connectivity index (χ3n) is 3.85. The highest BCUT2D eigenvalue weighted by Gasteiger charge is 2.29. The van der Waals surface area contributed by atoms with Crippen LogP contribution in [-0.2, 0) is 4.79 Å². The van der Waals surface area contributed by atoms with Crippen LogP contribution in [0.5, 0.6) is 0 Å². The van der Waals surface area contributed by atoms with Crippen molar-refractivity contribution in [1.82, 2.24) is 14.7 Å². The molecule has 0 aliphatic carbocycles. The van der Waals surface area contributed by atoms with E-state index >= 15 is 0 Å². The highest BCUT2D eigenvalue weighted by Crippen LogP contribution is 2.12. The molecule has 2 unspecified atom stereocenters. The number of hydrogen-bond donors (Lipinski definition) is 1. The number of nitrogens with two attached hydrogens (primary N) is 1. The first-order chi connectivity index (χ1) is 8.88. The predicted octanol–water partition coefficient (Wildman–Crippen LogP) is 0.145. The van der Waals surface area contributed by atoms with Crippen LogP contribution in [0.3, 0.4) is 0 Å². The van der Waals surface area contributed by atoms with Crippen LogP contribution in [0.15, 0.2) is 0 Å². The molecule has 0 aromatic carbocycles. The van der Waals surface area contributed by atoms with E-state index in [1.807, 2.05) is 6.92 Å². The van der Waals surface area contributed by atoms with Crippen molar-refractivity contribution in [2.45, 2.75) is 32.4 Å². The van der Waals surface area contributed by atoms with Gasteiger partial charge in [-0.3, -0.25) is 14.6 Å². The summed E-state index contributed by atoms with van der Waals surface area (Å²) in [4.78, 5) is 18.7. The van der Waals surface area contributed by atoms with Crippen molar-refractivity contribution >= 4 is 23.1 Å². The first kappa shape index (κ1) is 16.3. The van der Waals surface area contributed by atoms with Gasteiger partial charge in [0.2, 0.25) is 5.91 Å². The molecule has 1 fully saturated rings. The Morgan fingerprint density at radius 2 is 1.74 bits per heavy atom. The maximum absolute atomic E-state index is 12.0. The summed E-state index contributed by atoms with van der Waals surface area (Å²) in [5, 5.41) is 0. The van der Waals surface area contributed by atoms with Crippen LogP contribution in [0, 0.1) is 0 Å². The summed E-state index contributed by atoms with van der Waals surface area (Å²) >= 11 is 5.12. The number of carbonyl (C=O) groups is 1. The van der Waals surface area contributed by atoms with E-state index in [1.54, 1.807) is 19.0 Å². The van der Waals surface area contributed by atoms with E-state index in [9.17, 15) is 4.79 Å². The molecular weight excluding hydrogens is 260 g/mol. The van der Waals surface area contributed by atoms with E-state index in [1.165, 1.54) is 0 Å². The molecule has 2 atom stereocenters. The number of hydrogen-bond acceptors (Lipinski definition) is 4. The van der Waals surface area contributed by atoms with Crippen LogP contribution in [0.25, 0.3) is 0 Å². The third kappa shape index (κ3) is 4.12. The predicted molar refractivity (Wildman–Crippen MR) is 82.2 cm³/mol. The average Bonchev–Trinajstić information content (AvgIpc) is 2.38. The summed E-state index contributed by atoms with van der Waals surface area (Å²) in [5.74, 6) is 0.162. The molecule has 5 nitrogen and oxygen atoms in total. The van der Waals surface area contributed by atoms with Gasteiger partial charge in [0, 0.05) is 40.3 Å². The lowest BCUT2D eigenvalue weighted by Gasteiger charge is -2.41. The van der Waals surface area contributed by atoms with Crippen LogP contribution in [-0.4, -0.2) is 78.0 Å². The molecule has 1 amide bonds. The Hall–Kier alpha value is -0.720. The molecule has 110 valence electrons. The molecule has 2 N–H and O–H groups in total. The van der Waals surface area contributed by atoms with E-state index in [4.69, 9.17) is 18.0 Å². The van der Waals surface area contributed by atoms with Crippen LogP contribution < -0.4 is 5.73 Å². The Morgan fingerprint density at radius 3 is 2.11 bits per heavy atom. The minimum Gasteiger partial charge on any atom is -0.392 e. The molecule has 19 heavy (non-hydrogen) atoms. The number of rotatable bonds is 5. The van der Waals surface area contributed by atoms with Crippen molar-refractivity contribution in [2.75, 3.05) is 40.3 Å². The Morgan fingerprint density at radius 1 is 1.26 bits per heavy atom. The molecule has 6 heteroatoms. The molecule has 1 aliphatic rings. The summed E-state index contributed by atoms with van der Waals surface area (Å²) in [6, 6.07) is 0.138. The molecular formula is C13H26N4OS. The molecule has 0 aromatic rings. The monoisotopic (exact) mass is 286 g/mol. The van der Waals surface area contributed by atoms with E-state index in [-0.39, 0.29) is 18.0 Å². The van der Waals surface area contributed by atoms with Crippen molar-refractivity contribution in [3.63, 3.8) is 0 Å². The van der Waals surface area contributed by atoms with Crippen LogP contribution >= 0.6 is 12.2 Å². The minimum absolute atomic E-state index is 0.0537. The number of thiocarbonyl (C=S) groups is 1. The maximum atomic E-state index is 12.0. The van der Waals surface area contributed by atoms with Crippen molar-refractivity contribution in [3.05, 3.63) is 0 Å². The fourth-order valence-electron chi connectivity index (χ4n) is 2.61. The number of likely N-dealkylation sites (N-methyl/N-ethyl adjacent to an activating group) is 1. The van der Waals surface area contributed by atoms with Crippen molar-refractivity contribution < 1.29 is 4.79 Å². The minimum atomic E-state index is -0.0537. The van der Waals surface area contributed by atoms with Crippen LogP contribution in [0.2, 0.25) is 0 Å². The molecule has 1 heterocycles. The van der Waals surface area contributed by atoms with Gasteiger partial charge < -0.3 is 10.6 Å². The summed E-state index contributed by atoms with van der Waals surface area (Å²) in [5.41, 5.74) is 5.78. The van der Waals surface area contributed by atoms with E-state index in [0.717, 1.165) is 32.6 Å². The average molecular weight is 286 g/mol. The fraction of sp³-hybridized carbons (Fsp3) is 0.846. The van der Waals surface area contributed by atoms with Gasteiger partial charge in [-0.1, -0.05) is 19.1 Å². The molecule has 1 aliphatic heterocycles. The normalized spacial score (nSPS) is 20.8. The van der Waals surface area contributed by atoms with Gasteiger partial charge in [0.15, 0.2) is 0 Å². The van der Waals surface area contributed by atoms with Gasteiger partial charge in [-0.05, 0) is 13.3 Å². The Labute approximate surface area is 121 Å². The van der Waals surface area contributed by atoms with Gasteiger partial charge >= 0.3 is 0 Å². The third-order valence-corrected chi connectivity index (χ3v) is 4.12. The fourth-order valence-corrected chi connectivity index (χ4v) is 2.92. The second-order valence-electron chi connectivity index (χ2n) is 5.31. The number of amides is 1. The van der Waals surface area contributed by atoms with E-state index in [2.05, 4.69) is 16.7 Å². The first-order valence-corrected chi connectivity index (χ1v) is 7.27. The summed E-state index contributed by atoms with van der Waals surface area (Å²) in [6.07, 6.45) is 0.946. The molecule has 1 rings (SSSR count). The smallest absolute Gasteiger partial charge is 0.239 e. The summed E-state index contributed by atoms with van der Waals surface area (Å²) in [6.45, 7) is 7.69. The standard InChI is InChI=1S/C13H26N4OS/c1-5-11(12(14)19)17-8-6-16(7-9-17)10(2)13(18)15(3)4/h10-11H,5-9H2,1-4H3,(H2,14,19). The molecule has 0 spiro atoms. The molecule has 0 bridgehead atoms. The van der Waals surface area contributed by atoms with E-state index in [0.29, 0.717) is 4.99 Å². The maximum Gasteiger partial charge on any atom is 0.239 e. The highest BCUT2D eigenvalue weighted by atomic mass is 32.1. The largest absolute Gasteiger partial charge is 0.392 e. The van der Waals surface area contributed by atoms with Crippen LogP contribution in [0.1, 0.15) is 20.3 Å². The van der Waals surface area contributed by atoms with Crippen LogP contribution in [0.4, 0.5) is 0 Å². The van der Waals surface area contributed by atoms with Gasteiger partial charge in [-0.25, -0.2) is 0 Å². The lowest BCUT2D eigenvalue weighted by atomic mass is 10.1. The summed E-state index contributed by atoms with van der Waals surface area (Å²) in [7, 11) is 3.60. The van der Waals surface area contributed by atoms with Crippen molar-refractivity contribution in [2.24, 2.45) is 5.73 Å². The second kappa shape index (κ2) is 7.17. The zero-order valence-corrected chi connectivity index (χ0v) is 13.2. The zero-order chi connectivity index (χ0) is 14.6. The second-order valence-corrected chi connectivity index (χ2v) is 5.78. The van der Waals surface area contributed by atoms with Crippen molar-refractivity contribution in [1.29, 1.82) is 0 Å². The van der Waals surface area contributed by atoms with E-state index < -0.39 is 0 Å². The molecule has 0 radical (unpaired) electrons. The van der Waals surface area contributed by atoms with Gasteiger partial charge in [-0.2, -0.15) is 0 Å². The van der Waals surface area contributed by atoms with Gasteiger partial charge in [0.25, 0.3) is 0 Å². The van der Waals surface area contributed by atoms with Gasteiger partial charge in [0.1, 0.15) is 0 Å². The Bertz CT molecular complexity index is 327. The SMILES string of the molecule is CCC(C(N)=S)N1CCN(C(C)C(=O)N(C)C)CC1. The lowest BCUT2D eigenvalue weighted by Crippen LogP contribution is -2.57. The lowest BCUT2D eigenvalue weighted by molar-refractivity contribution is -0.134. The number of carbonyl (C=O) groups excluding carboxylic acids is 1. The van der Waals surface area contributed by atoms with Crippen molar-refractivity contribution in [3.8, 4) is 0 Å². The quantitative estimate of drug-likeness (QED) is 0.729. The summed E-state index contributed by atoms with van der Waals surface area (Å²) < 4.78 is 0. The molecule has 1 saturated heterocycles. The molecule has 0 aromatic heterocycles. The number of piperazine rings is 1. The Kier molecular flexibility index (Phi) is 6.16. The number of nitrogens with zero attached hydrogens (tertiary/aromatic N) is 3. The first-order valence-electron chi connectivity index (χ1n) is 6.87. The van der Waals surface area contributed by atoms with Gasteiger partial charge in [-0.15, -0.1) is 0 Å². The van der Waals surface area contributed by atoms with Gasteiger partial charge in [0.05, 0.1) is 17.1 Å². The molecule has 0 saturated carbocycles. The Balaban J connectivity index is 2.53. The zero-order valence-electron chi connectivity index (χ0n) is 12.4.